The number of rotatable bonds is 5. The summed E-state index contributed by atoms with van der Waals surface area (Å²) in [7, 11) is 0. The molecule has 2 heterocycles. The minimum absolute atomic E-state index is 0.591. The zero-order valence-electron chi connectivity index (χ0n) is 15.2. The Labute approximate surface area is 151 Å². The molecule has 25 heavy (non-hydrogen) atoms. The lowest BCUT2D eigenvalue weighted by Gasteiger charge is -2.38. The molecule has 0 bridgehead atoms. The fourth-order valence-corrected chi connectivity index (χ4v) is 3.79. The molecule has 0 radical (unpaired) electrons. The van der Waals surface area contributed by atoms with E-state index in [0.29, 0.717) is 17.8 Å². The van der Waals surface area contributed by atoms with E-state index in [1.54, 1.807) is 6.20 Å². The van der Waals surface area contributed by atoms with Gasteiger partial charge in [0.15, 0.2) is 0 Å². The van der Waals surface area contributed by atoms with Crippen molar-refractivity contribution >= 4 is 0 Å². The standard InChI is InChI=1S/C22H28N2O/c1-18-10-8-11-19(2)24(18)17-9-15-22(25,20-12-4-3-5-13-20)21-14-6-7-16-23-21/h3-7,9,12-16,18-19,25H,8,10-11,17H2,1-2H3/b15-9+/t18-,19+,22-/m1/s1. The Morgan fingerprint density at radius 3 is 2.40 bits per heavy atom. The zero-order chi connectivity index (χ0) is 17.7. The van der Waals surface area contributed by atoms with E-state index in [1.807, 2.05) is 54.6 Å². The Bertz CT molecular complexity index is 634. The third-order valence-corrected chi connectivity index (χ3v) is 5.32. The molecule has 3 rings (SSSR count). The Morgan fingerprint density at radius 1 is 1.08 bits per heavy atom. The minimum Gasteiger partial charge on any atom is -0.375 e. The van der Waals surface area contributed by atoms with Crippen LogP contribution in [0.3, 0.4) is 0 Å². The molecular formula is C22H28N2O. The van der Waals surface area contributed by atoms with E-state index in [-0.39, 0.29) is 0 Å². The molecule has 1 aromatic carbocycles. The van der Waals surface area contributed by atoms with Crippen LogP contribution in [0.15, 0.2) is 66.9 Å². The number of aromatic nitrogens is 1. The van der Waals surface area contributed by atoms with E-state index in [2.05, 4.69) is 29.8 Å². The third-order valence-electron chi connectivity index (χ3n) is 5.32. The zero-order valence-corrected chi connectivity index (χ0v) is 15.2. The van der Waals surface area contributed by atoms with Crippen LogP contribution in [-0.4, -0.2) is 33.6 Å². The lowest BCUT2D eigenvalue weighted by Crippen LogP contribution is -2.43. The second-order valence-corrected chi connectivity index (χ2v) is 7.08. The third kappa shape index (κ3) is 4.00. The van der Waals surface area contributed by atoms with Crippen LogP contribution in [-0.2, 0) is 5.60 Å². The quantitative estimate of drug-likeness (QED) is 0.834. The van der Waals surface area contributed by atoms with Crippen molar-refractivity contribution < 1.29 is 5.11 Å². The Morgan fingerprint density at radius 2 is 1.76 bits per heavy atom. The van der Waals surface area contributed by atoms with Crippen LogP contribution in [0.5, 0.6) is 0 Å². The van der Waals surface area contributed by atoms with E-state index in [0.717, 1.165) is 12.1 Å². The molecule has 0 spiro atoms. The summed E-state index contributed by atoms with van der Waals surface area (Å²) in [5.41, 5.74) is 0.284. The van der Waals surface area contributed by atoms with Gasteiger partial charge in [-0.3, -0.25) is 9.88 Å². The molecule has 1 fully saturated rings. The van der Waals surface area contributed by atoms with Crippen molar-refractivity contribution in [1.29, 1.82) is 0 Å². The van der Waals surface area contributed by atoms with Gasteiger partial charge in [-0.15, -0.1) is 0 Å². The average molecular weight is 336 g/mol. The first-order valence-corrected chi connectivity index (χ1v) is 9.24. The van der Waals surface area contributed by atoms with E-state index >= 15 is 0 Å². The van der Waals surface area contributed by atoms with Crippen molar-refractivity contribution in [2.45, 2.75) is 50.8 Å². The van der Waals surface area contributed by atoms with E-state index in [9.17, 15) is 5.11 Å². The van der Waals surface area contributed by atoms with Gasteiger partial charge in [0, 0.05) is 24.8 Å². The van der Waals surface area contributed by atoms with Crippen LogP contribution in [0.2, 0.25) is 0 Å². The highest BCUT2D eigenvalue weighted by Crippen LogP contribution is 2.30. The van der Waals surface area contributed by atoms with E-state index in [4.69, 9.17) is 0 Å². The van der Waals surface area contributed by atoms with Gasteiger partial charge in [-0.1, -0.05) is 48.9 Å². The van der Waals surface area contributed by atoms with Crippen molar-refractivity contribution in [3.05, 3.63) is 78.1 Å². The maximum atomic E-state index is 11.4. The molecule has 3 nitrogen and oxygen atoms in total. The van der Waals surface area contributed by atoms with Crippen molar-refractivity contribution in [3.8, 4) is 0 Å². The molecule has 0 unspecified atom stereocenters. The fourth-order valence-electron chi connectivity index (χ4n) is 3.79. The molecular weight excluding hydrogens is 308 g/mol. The van der Waals surface area contributed by atoms with Crippen molar-refractivity contribution in [3.63, 3.8) is 0 Å². The van der Waals surface area contributed by atoms with E-state index in [1.165, 1.54) is 19.3 Å². The molecule has 1 aliphatic heterocycles. The number of pyridine rings is 1. The molecule has 1 aromatic heterocycles. The van der Waals surface area contributed by atoms with Crippen LogP contribution < -0.4 is 0 Å². The maximum Gasteiger partial charge on any atom is 0.150 e. The normalized spacial score (nSPS) is 24.3. The molecule has 1 aliphatic rings. The summed E-state index contributed by atoms with van der Waals surface area (Å²) in [5.74, 6) is 0. The molecule has 1 N–H and O–H groups in total. The summed E-state index contributed by atoms with van der Waals surface area (Å²) in [4.78, 5) is 6.93. The van der Waals surface area contributed by atoms with Crippen LogP contribution in [0.4, 0.5) is 0 Å². The number of likely N-dealkylation sites (tertiary alicyclic amines) is 1. The highest BCUT2D eigenvalue weighted by atomic mass is 16.3. The van der Waals surface area contributed by atoms with Gasteiger partial charge < -0.3 is 5.11 Å². The Hall–Kier alpha value is -1.97. The summed E-state index contributed by atoms with van der Waals surface area (Å²) in [6, 6.07) is 16.6. The lowest BCUT2D eigenvalue weighted by atomic mass is 9.89. The van der Waals surface area contributed by atoms with Gasteiger partial charge >= 0.3 is 0 Å². The first-order chi connectivity index (χ1) is 12.1. The predicted octanol–water partition coefficient (Wildman–Crippen LogP) is 4.14. The molecule has 2 aromatic rings. The summed E-state index contributed by atoms with van der Waals surface area (Å²) in [6.07, 6.45) is 9.54. The van der Waals surface area contributed by atoms with Crippen LogP contribution in [0, 0.1) is 0 Å². The SMILES string of the molecule is C[C@@H]1CCC[C@H](C)N1C/C=C/[C@@](O)(c1ccccc1)c1ccccn1. The number of hydrogen-bond donors (Lipinski definition) is 1. The first kappa shape index (κ1) is 17.8. The smallest absolute Gasteiger partial charge is 0.150 e. The molecule has 0 amide bonds. The monoisotopic (exact) mass is 336 g/mol. The van der Waals surface area contributed by atoms with E-state index < -0.39 is 5.60 Å². The molecule has 3 atom stereocenters. The van der Waals surface area contributed by atoms with Gasteiger partial charge in [0.2, 0.25) is 0 Å². The summed E-state index contributed by atoms with van der Waals surface area (Å²) >= 11 is 0. The van der Waals surface area contributed by atoms with Gasteiger partial charge in [0.05, 0.1) is 5.69 Å². The van der Waals surface area contributed by atoms with Crippen LogP contribution in [0.25, 0.3) is 0 Å². The minimum atomic E-state index is -1.20. The number of benzene rings is 1. The summed E-state index contributed by atoms with van der Waals surface area (Å²) < 4.78 is 0. The molecule has 0 aliphatic carbocycles. The second kappa shape index (κ2) is 7.94. The second-order valence-electron chi connectivity index (χ2n) is 7.08. The number of piperidine rings is 1. The van der Waals surface area contributed by atoms with Gasteiger partial charge in [-0.2, -0.15) is 0 Å². The first-order valence-electron chi connectivity index (χ1n) is 9.24. The number of nitrogens with zero attached hydrogens (tertiary/aromatic N) is 2. The molecule has 3 heteroatoms. The van der Waals surface area contributed by atoms with Gasteiger partial charge in [0.1, 0.15) is 5.60 Å². The summed E-state index contributed by atoms with van der Waals surface area (Å²) in [5, 5.41) is 11.4. The highest BCUT2D eigenvalue weighted by molar-refractivity contribution is 5.37. The molecule has 0 saturated carbocycles. The van der Waals surface area contributed by atoms with Crippen molar-refractivity contribution in [2.75, 3.05) is 6.54 Å². The fraction of sp³-hybridized carbons (Fsp3) is 0.409. The van der Waals surface area contributed by atoms with Crippen molar-refractivity contribution in [2.24, 2.45) is 0 Å². The van der Waals surface area contributed by atoms with Crippen LogP contribution in [0.1, 0.15) is 44.4 Å². The Balaban J connectivity index is 1.86. The molecule has 132 valence electrons. The highest BCUT2D eigenvalue weighted by Gasteiger charge is 2.30. The van der Waals surface area contributed by atoms with Gasteiger partial charge in [-0.05, 0) is 50.5 Å². The maximum absolute atomic E-state index is 11.4. The average Bonchev–Trinajstić information content (AvgIpc) is 2.65. The number of hydrogen-bond acceptors (Lipinski definition) is 3. The largest absolute Gasteiger partial charge is 0.375 e. The predicted molar refractivity (Wildman–Crippen MR) is 102 cm³/mol. The lowest BCUT2D eigenvalue weighted by molar-refractivity contribution is 0.113. The number of aliphatic hydroxyl groups is 1. The van der Waals surface area contributed by atoms with Gasteiger partial charge in [0.25, 0.3) is 0 Å². The summed E-state index contributed by atoms with van der Waals surface area (Å²) in [6.45, 7) is 5.45. The molecule has 1 saturated heterocycles. The topological polar surface area (TPSA) is 36.4 Å². The van der Waals surface area contributed by atoms with Gasteiger partial charge in [-0.25, -0.2) is 0 Å². The van der Waals surface area contributed by atoms with Crippen molar-refractivity contribution in [1.82, 2.24) is 9.88 Å². The van der Waals surface area contributed by atoms with Crippen LogP contribution >= 0.6 is 0 Å². The Kier molecular flexibility index (Phi) is 5.67.